The Kier molecular flexibility index (Phi) is 4.00. The maximum absolute atomic E-state index is 10.8. The number of carbonyl (C=O) groups excluding carboxylic acids is 1. The SMILES string of the molecule is [B]CCNC(=O)OC(C)(C)C.[HH]. The van der Waals surface area contributed by atoms with Gasteiger partial charge in [-0.1, -0.05) is 6.32 Å². The number of hydrogen-bond donors (Lipinski definition) is 1. The smallest absolute Gasteiger partial charge is 0.407 e. The predicted octanol–water partition coefficient (Wildman–Crippen LogP) is 1.34. The van der Waals surface area contributed by atoms with Crippen LogP contribution in [0.3, 0.4) is 0 Å². The lowest BCUT2D eigenvalue weighted by molar-refractivity contribution is 0.0531. The zero-order chi connectivity index (χ0) is 8.91. The van der Waals surface area contributed by atoms with E-state index >= 15 is 0 Å². The van der Waals surface area contributed by atoms with Crippen LogP contribution in [-0.4, -0.2) is 26.1 Å². The molecule has 0 aliphatic carbocycles. The van der Waals surface area contributed by atoms with E-state index < -0.39 is 11.7 Å². The predicted molar refractivity (Wildman–Crippen MR) is 46.9 cm³/mol. The van der Waals surface area contributed by atoms with Crippen molar-refractivity contribution in [2.24, 2.45) is 0 Å². The zero-order valence-electron chi connectivity index (χ0n) is 7.31. The molecule has 0 spiro atoms. The molecule has 0 saturated carbocycles. The molecule has 0 aliphatic rings. The molecule has 64 valence electrons. The first-order valence-corrected chi connectivity index (χ1v) is 3.62. The largest absolute Gasteiger partial charge is 0.444 e. The summed E-state index contributed by atoms with van der Waals surface area (Å²) in [5.41, 5.74) is -0.432. The second-order valence-corrected chi connectivity index (χ2v) is 3.22. The number of nitrogens with one attached hydrogen (secondary N) is 1. The van der Waals surface area contributed by atoms with Gasteiger partial charge in [0, 0.05) is 7.97 Å². The summed E-state index contributed by atoms with van der Waals surface area (Å²) in [6.07, 6.45) is 0.0159. The van der Waals surface area contributed by atoms with Crippen LogP contribution in [-0.2, 0) is 4.74 Å². The highest BCUT2D eigenvalue weighted by atomic mass is 16.6. The molecule has 0 atom stereocenters. The number of rotatable bonds is 2. The van der Waals surface area contributed by atoms with Crippen molar-refractivity contribution in [3.63, 3.8) is 0 Å². The van der Waals surface area contributed by atoms with Crippen LogP contribution < -0.4 is 5.32 Å². The Morgan fingerprint density at radius 2 is 2.18 bits per heavy atom. The molecule has 11 heavy (non-hydrogen) atoms. The Hall–Kier alpha value is -0.665. The van der Waals surface area contributed by atoms with Crippen LogP contribution in [0.15, 0.2) is 0 Å². The van der Waals surface area contributed by atoms with E-state index in [1.54, 1.807) is 0 Å². The van der Waals surface area contributed by atoms with Crippen LogP contribution in [0.25, 0.3) is 0 Å². The quantitative estimate of drug-likeness (QED) is 0.614. The first-order chi connectivity index (χ1) is 4.95. The lowest BCUT2D eigenvalue weighted by Crippen LogP contribution is -2.32. The standard InChI is InChI=1S/C7H14BNO2.H2/c1-7(2,3)11-6(10)9-5-4-8;/h4-5H2,1-3H3,(H,9,10);1H. The highest BCUT2D eigenvalue weighted by Crippen LogP contribution is 2.05. The van der Waals surface area contributed by atoms with E-state index in [0.717, 1.165) is 0 Å². The average molecular weight is 157 g/mol. The van der Waals surface area contributed by atoms with Gasteiger partial charge >= 0.3 is 6.09 Å². The zero-order valence-corrected chi connectivity index (χ0v) is 7.31. The Labute approximate surface area is 70.4 Å². The number of ether oxygens (including phenoxy) is 1. The molecule has 1 amide bonds. The van der Waals surface area contributed by atoms with Crippen LogP contribution in [0.5, 0.6) is 0 Å². The van der Waals surface area contributed by atoms with Gasteiger partial charge in [-0.05, 0) is 20.8 Å². The third-order valence-electron chi connectivity index (χ3n) is 0.813. The number of carbonyl (C=O) groups is 1. The molecule has 0 aliphatic heterocycles. The van der Waals surface area contributed by atoms with E-state index in [4.69, 9.17) is 12.6 Å². The number of hydrogen-bond acceptors (Lipinski definition) is 2. The molecule has 3 nitrogen and oxygen atoms in total. The summed E-state index contributed by atoms with van der Waals surface area (Å²) in [5, 5.41) is 2.50. The Bertz CT molecular complexity index is 136. The lowest BCUT2D eigenvalue weighted by Gasteiger charge is -2.19. The van der Waals surface area contributed by atoms with Crippen molar-refractivity contribution in [2.45, 2.75) is 32.7 Å². The molecule has 0 aromatic rings. The first kappa shape index (κ1) is 10.3. The van der Waals surface area contributed by atoms with Crippen LogP contribution in [0, 0.1) is 0 Å². The van der Waals surface area contributed by atoms with Gasteiger partial charge in [-0.15, -0.1) is 0 Å². The summed E-state index contributed by atoms with van der Waals surface area (Å²) in [6, 6.07) is 0. The topological polar surface area (TPSA) is 38.3 Å². The molecular weight excluding hydrogens is 141 g/mol. The van der Waals surface area contributed by atoms with Crippen LogP contribution in [0.4, 0.5) is 4.79 Å². The molecule has 0 saturated heterocycles. The van der Waals surface area contributed by atoms with Gasteiger partial charge in [0.15, 0.2) is 0 Å². The van der Waals surface area contributed by atoms with Crippen molar-refractivity contribution in [1.29, 1.82) is 0 Å². The van der Waals surface area contributed by atoms with E-state index in [1.807, 2.05) is 20.8 Å². The second-order valence-electron chi connectivity index (χ2n) is 3.22. The number of alkyl carbamates (subject to hydrolysis) is 1. The van der Waals surface area contributed by atoms with E-state index in [-0.39, 0.29) is 1.43 Å². The minimum atomic E-state index is -0.432. The van der Waals surface area contributed by atoms with Gasteiger partial charge in [0.1, 0.15) is 5.60 Å². The van der Waals surface area contributed by atoms with Gasteiger partial charge in [0.05, 0.1) is 7.85 Å². The summed E-state index contributed by atoms with van der Waals surface area (Å²) < 4.78 is 4.93. The van der Waals surface area contributed by atoms with Crippen molar-refractivity contribution in [3.8, 4) is 0 Å². The Morgan fingerprint density at radius 1 is 1.64 bits per heavy atom. The minimum absolute atomic E-state index is 0. The average Bonchev–Trinajstić information content (AvgIpc) is 1.79. The number of amides is 1. The van der Waals surface area contributed by atoms with Crippen LogP contribution in [0.1, 0.15) is 22.2 Å². The van der Waals surface area contributed by atoms with Gasteiger partial charge < -0.3 is 10.1 Å². The molecule has 2 radical (unpaired) electrons. The molecule has 4 heteroatoms. The second kappa shape index (κ2) is 4.26. The van der Waals surface area contributed by atoms with Gasteiger partial charge in [0.25, 0.3) is 0 Å². The molecule has 0 heterocycles. The Morgan fingerprint density at radius 3 is 2.55 bits per heavy atom. The maximum atomic E-state index is 10.8. The van der Waals surface area contributed by atoms with E-state index in [1.165, 1.54) is 0 Å². The first-order valence-electron chi connectivity index (χ1n) is 3.62. The highest BCUT2D eigenvalue weighted by molar-refractivity contribution is 6.08. The summed E-state index contributed by atoms with van der Waals surface area (Å²) in [6.45, 7) is 5.90. The molecule has 1 N–H and O–H groups in total. The molecule has 0 unspecified atom stereocenters. The van der Waals surface area contributed by atoms with E-state index in [0.29, 0.717) is 12.9 Å². The summed E-state index contributed by atoms with van der Waals surface area (Å²) in [7, 11) is 5.17. The van der Waals surface area contributed by atoms with E-state index in [2.05, 4.69) is 5.32 Å². The van der Waals surface area contributed by atoms with Crippen molar-refractivity contribution in [1.82, 2.24) is 5.32 Å². The maximum Gasteiger partial charge on any atom is 0.407 e. The fourth-order valence-electron chi connectivity index (χ4n) is 0.488. The fourth-order valence-corrected chi connectivity index (χ4v) is 0.488. The summed E-state index contributed by atoms with van der Waals surface area (Å²) >= 11 is 0. The van der Waals surface area contributed by atoms with Gasteiger partial charge in [0.2, 0.25) is 0 Å². The normalized spacial score (nSPS) is 10.8. The van der Waals surface area contributed by atoms with Crippen molar-refractivity contribution in [2.75, 3.05) is 6.54 Å². The van der Waals surface area contributed by atoms with Crippen molar-refractivity contribution >= 4 is 13.9 Å². The molecule has 0 bridgehead atoms. The van der Waals surface area contributed by atoms with Crippen LogP contribution in [0.2, 0.25) is 6.32 Å². The van der Waals surface area contributed by atoms with Crippen molar-refractivity contribution in [3.05, 3.63) is 0 Å². The lowest BCUT2D eigenvalue weighted by atomic mass is 10.1. The minimum Gasteiger partial charge on any atom is -0.444 e. The monoisotopic (exact) mass is 157 g/mol. The van der Waals surface area contributed by atoms with Crippen molar-refractivity contribution < 1.29 is 11.0 Å². The molecule has 0 fully saturated rings. The molecule has 0 rings (SSSR count). The summed E-state index contributed by atoms with van der Waals surface area (Å²) in [4.78, 5) is 10.8. The highest BCUT2D eigenvalue weighted by Gasteiger charge is 2.14. The Balaban J connectivity index is 0. The third kappa shape index (κ3) is 7.23. The molecule has 0 aromatic carbocycles. The third-order valence-corrected chi connectivity index (χ3v) is 0.813. The van der Waals surface area contributed by atoms with Gasteiger partial charge in [-0.25, -0.2) is 4.79 Å². The van der Waals surface area contributed by atoms with E-state index in [9.17, 15) is 4.79 Å². The molecule has 0 aromatic heterocycles. The molecular formula is C7H16BNO2. The van der Waals surface area contributed by atoms with Crippen LogP contribution >= 0.6 is 0 Å². The van der Waals surface area contributed by atoms with Gasteiger partial charge in [-0.2, -0.15) is 0 Å². The van der Waals surface area contributed by atoms with Gasteiger partial charge in [-0.3, -0.25) is 0 Å². The summed E-state index contributed by atoms with van der Waals surface area (Å²) in [5.74, 6) is 0. The fraction of sp³-hybridized carbons (Fsp3) is 0.857.